The van der Waals surface area contributed by atoms with Crippen LogP contribution in [0.5, 0.6) is 0 Å². The topological polar surface area (TPSA) is 49.6 Å². The van der Waals surface area contributed by atoms with E-state index in [0.717, 1.165) is 31.7 Å². The molecule has 1 aromatic rings. The number of nitrogens with two attached hydrogens (primary N) is 1. The summed E-state index contributed by atoms with van der Waals surface area (Å²) >= 11 is 0. The highest BCUT2D eigenvalue weighted by atomic mass is 16.2. The van der Waals surface area contributed by atoms with Crippen LogP contribution >= 0.6 is 0 Å². The van der Waals surface area contributed by atoms with Crippen molar-refractivity contribution in [2.45, 2.75) is 25.8 Å². The second kappa shape index (κ2) is 6.86. The summed E-state index contributed by atoms with van der Waals surface area (Å²) in [7, 11) is 0. The minimum Gasteiger partial charge on any atom is -0.340 e. The molecule has 1 aliphatic rings. The molecule has 0 saturated carbocycles. The Morgan fingerprint density at radius 2 is 1.75 bits per heavy atom. The Hall–Kier alpha value is -1.39. The molecule has 0 aromatic heterocycles. The van der Waals surface area contributed by atoms with Crippen LogP contribution in [-0.4, -0.2) is 54.5 Å². The Kier molecular flexibility index (Phi) is 5.15. The maximum atomic E-state index is 12.5. The Balaban J connectivity index is 1.92. The number of hydrogen-bond acceptors (Lipinski definition) is 3. The van der Waals surface area contributed by atoms with Gasteiger partial charge in [0.2, 0.25) is 5.91 Å². The molecule has 2 rings (SSSR count). The van der Waals surface area contributed by atoms with Gasteiger partial charge in [0.05, 0.1) is 5.92 Å². The van der Waals surface area contributed by atoms with E-state index < -0.39 is 0 Å². The van der Waals surface area contributed by atoms with Gasteiger partial charge in [0.15, 0.2) is 0 Å². The third-order valence-electron chi connectivity index (χ3n) is 4.26. The van der Waals surface area contributed by atoms with Crippen molar-refractivity contribution in [2.24, 2.45) is 5.73 Å². The molecule has 1 amide bonds. The molecule has 4 heteroatoms. The summed E-state index contributed by atoms with van der Waals surface area (Å²) < 4.78 is 0. The maximum absolute atomic E-state index is 12.5. The Morgan fingerprint density at radius 1 is 1.15 bits per heavy atom. The van der Waals surface area contributed by atoms with Crippen molar-refractivity contribution in [3.05, 3.63) is 35.9 Å². The molecule has 110 valence electrons. The molecular formula is C16H25N3O. The zero-order valence-electron chi connectivity index (χ0n) is 12.5. The van der Waals surface area contributed by atoms with Crippen LogP contribution in [0.1, 0.15) is 25.3 Å². The van der Waals surface area contributed by atoms with Crippen LogP contribution in [0.4, 0.5) is 0 Å². The van der Waals surface area contributed by atoms with Crippen molar-refractivity contribution in [3.63, 3.8) is 0 Å². The van der Waals surface area contributed by atoms with E-state index in [1.54, 1.807) is 0 Å². The molecule has 2 N–H and O–H groups in total. The van der Waals surface area contributed by atoms with E-state index in [0.29, 0.717) is 12.6 Å². The SMILES string of the molecule is CC(C(=O)N1CCN(C(C)CN)CC1)c1ccccc1. The van der Waals surface area contributed by atoms with Crippen LogP contribution in [-0.2, 0) is 4.79 Å². The average Bonchev–Trinajstić information content (AvgIpc) is 2.53. The standard InChI is InChI=1S/C16H25N3O/c1-13(12-17)18-8-10-19(11-9-18)16(20)14(2)15-6-4-3-5-7-15/h3-7,13-14H,8-12,17H2,1-2H3. The van der Waals surface area contributed by atoms with Gasteiger partial charge >= 0.3 is 0 Å². The molecule has 2 atom stereocenters. The normalized spacial score (nSPS) is 19.6. The minimum absolute atomic E-state index is 0.0605. The van der Waals surface area contributed by atoms with Crippen LogP contribution in [0.15, 0.2) is 30.3 Å². The Bertz CT molecular complexity index is 427. The predicted octanol–water partition coefficient (Wildman–Crippen LogP) is 1.28. The van der Waals surface area contributed by atoms with Gasteiger partial charge in [-0.15, -0.1) is 0 Å². The first-order valence-corrected chi connectivity index (χ1v) is 7.41. The molecule has 0 spiro atoms. The maximum Gasteiger partial charge on any atom is 0.229 e. The number of piperazine rings is 1. The van der Waals surface area contributed by atoms with Gasteiger partial charge in [-0.25, -0.2) is 0 Å². The van der Waals surface area contributed by atoms with Crippen molar-refractivity contribution >= 4 is 5.91 Å². The zero-order chi connectivity index (χ0) is 14.5. The third kappa shape index (κ3) is 3.38. The second-order valence-electron chi connectivity index (χ2n) is 5.58. The van der Waals surface area contributed by atoms with E-state index in [1.807, 2.05) is 42.2 Å². The van der Waals surface area contributed by atoms with Crippen molar-refractivity contribution < 1.29 is 4.79 Å². The minimum atomic E-state index is -0.0605. The molecule has 1 heterocycles. The van der Waals surface area contributed by atoms with Crippen molar-refractivity contribution in [1.82, 2.24) is 9.80 Å². The molecule has 2 unspecified atom stereocenters. The van der Waals surface area contributed by atoms with Crippen molar-refractivity contribution in [3.8, 4) is 0 Å². The van der Waals surface area contributed by atoms with Crippen LogP contribution in [0, 0.1) is 0 Å². The second-order valence-corrected chi connectivity index (χ2v) is 5.58. The highest BCUT2D eigenvalue weighted by Crippen LogP contribution is 2.19. The first kappa shape index (κ1) is 15.0. The predicted molar refractivity (Wildman–Crippen MR) is 81.5 cm³/mol. The number of rotatable bonds is 4. The van der Waals surface area contributed by atoms with Gasteiger partial charge in [-0.1, -0.05) is 30.3 Å². The Labute approximate surface area is 121 Å². The summed E-state index contributed by atoms with van der Waals surface area (Å²) in [6.07, 6.45) is 0. The summed E-state index contributed by atoms with van der Waals surface area (Å²) in [5.74, 6) is 0.172. The summed E-state index contributed by atoms with van der Waals surface area (Å²) in [6, 6.07) is 10.4. The smallest absolute Gasteiger partial charge is 0.229 e. The average molecular weight is 275 g/mol. The van der Waals surface area contributed by atoms with Crippen LogP contribution < -0.4 is 5.73 Å². The van der Waals surface area contributed by atoms with Gasteiger partial charge in [0, 0.05) is 38.8 Å². The largest absolute Gasteiger partial charge is 0.340 e. The van der Waals surface area contributed by atoms with Gasteiger partial charge in [-0.3, -0.25) is 9.69 Å². The highest BCUT2D eigenvalue weighted by Gasteiger charge is 2.26. The Morgan fingerprint density at radius 3 is 2.30 bits per heavy atom. The van der Waals surface area contributed by atoms with Crippen molar-refractivity contribution in [2.75, 3.05) is 32.7 Å². The van der Waals surface area contributed by atoms with E-state index in [-0.39, 0.29) is 11.8 Å². The van der Waals surface area contributed by atoms with Crippen LogP contribution in [0.3, 0.4) is 0 Å². The van der Waals surface area contributed by atoms with Gasteiger partial charge in [-0.05, 0) is 19.4 Å². The van der Waals surface area contributed by atoms with Gasteiger partial charge < -0.3 is 10.6 Å². The number of nitrogens with zero attached hydrogens (tertiary/aromatic N) is 2. The lowest BCUT2D eigenvalue weighted by Crippen LogP contribution is -2.53. The molecule has 1 aromatic carbocycles. The fraction of sp³-hybridized carbons (Fsp3) is 0.562. The van der Waals surface area contributed by atoms with E-state index in [4.69, 9.17) is 5.73 Å². The van der Waals surface area contributed by atoms with Gasteiger partial charge in [0.1, 0.15) is 0 Å². The molecule has 0 aliphatic carbocycles. The highest BCUT2D eigenvalue weighted by molar-refractivity contribution is 5.83. The molecule has 1 fully saturated rings. The quantitative estimate of drug-likeness (QED) is 0.900. The van der Waals surface area contributed by atoms with Gasteiger partial charge in [-0.2, -0.15) is 0 Å². The lowest BCUT2D eigenvalue weighted by molar-refractivity contribution is -0.134. The molecule has 0 radical (unpaired) electrons. The van der Waals surface area contributed by atoms with Crippen LogP contribution in [0.2, 0.25) is 0 Å². The number of carbonyl (C=O) groups excluding carboxylic acids is 1. The fourth-order valence-corrected chi connectivity index (χ4v) is 2.69. The summed E-state index contributed by atoms with van der Waals surface area (Å²) in [5.41, 5.74) is 6.79. The number of benzene rings is 1. The van der Waals surface area contributed by atoms with E-state index >= 15 is 0 Å². The van der Waals surface area contributed by atoms with Crippen LogP contribution in [0.25, 0.3) is 0 Å². The van der Waals surface area contributed by atoms with E-state index in [9.17, 15) is 4.79 Å². The molecular weight excluding hydrogens is 250 g/mol. The molecule has 20 heavy (non-hydrogen) atoms. The molecule has 4 nitrogen and oxygen atoms in total. The van der Waals surface area contributed by atoms with E-state index in [1.165, 1.54) is 0 Å². The third-order valence-corrected chi connectivity index (χ3v) is 4.26. The first-order chi connectivity index (χ1) is 9.63. The summed E-state index contributed by atoms with van der Waals surface area (Å²) in [4.78, 5) is 16.9. The number of hydrogen-bond donors (Lipinski definition) is 1. The number of carbonyl (C=O) groups is 1. The van der Waals surface area contributed by atoms with Crippen molar-refractivity contribution in [1.29, 1.82) is 0 Å². The zero-order valence-corrected chi connectivity index (χ0v) is 12.5. The lowest BCUT2D eigenvalue weighted by atomic mass is 9.99. The fourth-order valence-electron chi connectivity index (χ4n) is 2.69. The monoisotopic (exact) mass is 275 g/mol. The molecule has 1 saturated heterocycles. The molecule has 0 bridgehead atoms. The van der Waals surface area contributed by atoms with E-state index in [2.05, 4.69) is 11.8 Å². The first-order valence-electron chi connectivity index (χ1n) is 7.41. The lowest BCUT2D eigenvalue weighted by Gasteiger charge is -2.38. The molecule has 1 aliphatic heterocycles. The summed E-state index contributed by atoms with van der Waals surface area (Å²) in [6.45, 7) is 8.27. The van der Waals surface area contributed by atoms with Gasteiger partial charge in [0.25, 0.3) is 0 Å². The summed E-state index contributed by atoms with van der Waals surface area (Å²) in [5, 5.41) is 0. The number of amides is 1.